The maximum atomic E-state index is 11.2. The summed E-state index contributed by atoms with van der Waals surface area (Å²) in [7, 11) is 0. The quantitative estimate of drug-likeness (QED) is 0.824. The van der Waals surface area contributed by atoms with Crippen LogP contribution in [-0.4, -0.2) is 15.1 Å². The highest BCUT2D eigenvalue weighted by Crippen LogP contribution is 2.03. The van der Waals surface area contributed by atoms with Crippen LogP contribution < -0.4 is 5.56 Å². The lowest BCUT2D eigenvalue weighted by Crippen LogP contribution is -2.13. The molecule has 0 atom stereocenters. The van der Waals surface area contributed by atoms with Gasteiger partial charge in [-0.15, -0.1) is 0 Å². The number of H-pyrrole nitrogens is 1. The van der Waals surface area contributed by atoms with Crippen LogP contribution in [0.3, 0.4) is 0 Å². The Balaban J connectivity index is 1.94. The molecular weight excluding hydrogens is 232 g/mol. The van der Waals surface area contributed by atoms with Gasteiger partial charge in [-0.1, -0.05) is 30.3 Å². The van der Waals surface area contributed by atoms with E-state index in [9.17, 15) is 4.79 Å². The van der Waals surface area contributed by atoms with Crippen molar-refractivity contribution < 1.29 is 9.84 Å². The molecule has 2 aromatic rings. The summed E-state index contributed by atoms with van der Waals surface area (Å²) in [5.41, 5.74) is 1.29. The summed E-state index contributed by atoms with van der Waals surface area (Å²) in [4.78, 5) is 17.7. The lowest BCUT2D eigenvalue weighted by Gasteiger charge is -2.04. The van der Waals surface area contributed by atoms with Gasteiger partial charge in [-0.25, -0.2) is 4.98 Å². The van der Waals surface area contributed by atoms with Crippen LogP contribution >= 0.6 is 0 Å². The SMILES string of the molecule is O=c1cc(COCc2ccccc2)nc(CO)[nH]1. The molecule has 5 nitrogen and oxygen atoms in total. The number of benzene rings is 1. The van der Waals surface area contributed by atoms with Gasteiger partial charge in [-0.2, -0.15) is 0 Å². The predicted molar refractivity (Wildman–Crippen MR) is 65.7 cm³/mol. The molecule has 1 heterocycles. The number of aliphatic hydroxyl groups is 1. The Labute approximate surface area is 104 Å². The van der Waals surface area contributed by atoms with Crippen LogP contribution in [-0.2, 0) is 24.6 Å². The normalized spacial score (nSPS) is 10.5. The van der Waals surface area contributed by atoms with Crippen LogP contribution in [0.25, 0.3) is 0 Å². The molecule has 2 N–H and O–H groups in total. The first-order chi connectivity index (χ1) is 8.78. The Kier molecular flexibility index (Phi) is 4.22. The van der Waals surface area contributed by atoms with Gasteiger partial charge >= 0.3 is 0 Å². The number of nitrogens with one attached hydrogen (secondary N) is 1. The number of hydrogen-bond acceptors (Lipinski definition) is 4. The lowest BCUT2D eigenvalue weighted by atomic mass is 10.2. The lowest BCUT2D eigenvalue weighted by molar-refractivity contribution is 0.104. The van der Waals surface area contributed by atoms with E-state index < -0.39 is 0 Å². The molecule has 0 bridgehead atoms. The summed E-state index contributed by atoms with van der Waals surface area (Å²) in [6.45, 7) is 0.414. The van der Waals surface area contributed by atoms with Gasteiger partial charge in [-0.3, -0.25) is 4.79 Å². The summed E-state index contributed by atoms with van der Waals surface area (Å²) in [5, 5.41) is 8.92. The minimum absolute atomic E-state index is 0.242. The fraction of sp³-hybridized carbons (Fsp3) is 0.231. The van der Waals surface area contributed by atoms with Crippen molar-refractivity contribution in [2.75, 3.05) is 0 Å². The molecular formula is C13H14N2O3. The molecule has 18 heavy (non-hydrogen) atoms. The maximum absolute atomic E-state index is 11.2. The topological polar surface area (TPSA) is 75.2 Å². The first-order valence-electron chi connectivity index (χ1n) is 5.59. The van der Waals surface area contributed by atoms with Gasteiger partial charge in [0, 0.05) is 6.07 Å². The van der Waals surface area contributed by atoms with Gasteiger partial charge in [0.2, 0.25) is 0 Å². The number of aromatic nitrogens is 2. The molecule has 0 fully saturated rings. The van der Waals surface area contributed by atoms with E-state index in [1.807, 2.05) is 30.3 Å². The highest BCUT2D eigenvalue weighted by atomic mass is 16.5. The average molecular weight is 246 g/mol. The fourth-order valence-electron chi connectivity index (χ4n) is 1.56. The molecule has 0 unspecified atom stereocenters. The van der Waals surface area contributed by atoms with Gasteiger partial charge in [0.25, 0.3) is 5.56 Å². The van der Waals surface area contributed by atoms with Crippen molar-refractivity contribution in [1.82, 2.24) is 9.97 Å². The van der Waals surface area contributed by atoms with Crippen molar-refractivity contribution in [1.29, 1.82) is 0 Å². The number of rotatable bonds is 5. The van der Waals surface area contributed by atoms with E-state index in [0.29, 0.717) is 12.3 Å². The van der Waals surface area contributed by atoms with E-state index >= 15 is 0 Å². The Morgan fingerprint density at radius 3 is 2.72 bits per heavy atom. The summed E-state index contributed by atoms with van der Waals surface area (Å²) >= 11 is 0. The van der Waals surface area contributed by atoms with Gasteiger partial charge in [-0.05, 0) is 5.56 Å². The highest BCUT2D eigenvalue weighted by molar-refractivity contribution is 5.13. The molecule has 5 heteroatoms. The molecule has 0 aliphatic heterocycles. The number of ether oxygens (including phenoxy) is 1. The molecule has 0 radical (unpaired) electrons. The molecule has 2 rings (SSSR count). The number of aromatic amines is 1. The minimum atomic E-state index is -0.290. The zero-order valence-electron chi connectivity index (χ0n) is 9.80. The van der Waals surface area contributed by atoms with Crippen LogP contribution in [0, 0.1) is 0 Å². The van der Waals surface area contributed by atoms with Crippen LogP contribution in [0.15, 0.2) is 41.2 Å². The van der Waals surface area contributed by atoms with E-state index in [-0.39, 0.29) is 24.6 Å². The monoisotopic (exact) mass is 246 g/mol. The van der Waals surface area contributed by atoms with Crippen LogP contribution in [0.5, 0.6) is 0 Å². The van der Waals surface area contributed by atoms with Crippen molar-refractivity contribution in [3.05, 3.63) is 63.8 Å². The molecule has 0 saturated heterocycles. The van der Waals surface area contributed by atoms with Gasteiger partial charge in [0.05, 0.1) is 18.9 Å². The number of nitrogens with zero attached hydrogens (tertiary/aromatic N) is 1. The molecule has 94 valence electrons. The van der Waals surface area contributed by atoms with E-state index in [1.165, 1.54) is 6.07 Å². The van der Waals surface area contributed by atoms with Crippen molar-refractivity contribution in [2.45, 2.75) is 19.8 Å². The molecule has 0 aliphatic carbocycles. The van der Waals surface area contributed by atoms with Crippen LogP contribution in [0.2, 0.25) is 0 Å². The second-order valence-electron chi connectivity index (χ2n) is 3.82. The van der Waals surface area contributed by atoms with E-state index in [4.69, 9.17) is 9.84 Å². The zero-order valence-corrected chi connectivity index (χ0v) is 9.80. The maximum Gasteiger partial charge on any atom is 0.251 e. The van der Waals surface area contributed by atoms with Crippen molar-refractivity contribution in [2.24, 2.45) is 0 Å². The standard InChI is InChI=1S/C13H14N2O3/c16-7-12-14-11(6-13(17)15-12)9-18-8-10-4-2-1-3-5-10/h1-6,16H,7-9H2,(H,14,15,17). The zero-order chi connectivity index (χ0) is 12.8. The van der Waals surface area contributed by atoms with Crippen molar-refractivity contribution in [3.63, 3.8) is 0 Å². The first kappa shape index (κ1) is 12.5. The number of hydrogen-bond donors (Lipinski definition) is 2. The summed E-state index contributed by atoms with van der Waals surface area (Å²) in [6, 6.07) is 11.1. The smallest absolute Gasteiger partial charge is 0.251 e. The molecule has 0 spiro atoms. The van der Waals surface area contributed by atoms with Crippen molar-refractivity contribution in [3.8, 4) is 0 Å². The molecule has 0 saturated carbocycles. The van der Waals surface area contributed by atoms with Crippen LogP contribution in [0.1, 0.15) is 17.1 Å². The predicted octanol–water partition coefficient (Wildman–Crippen LogP) is 0.979. The number of aliphatic hydroxyl groups excluding tert-OH is 1. The van der Waals surface area contributed by atoms with E-state index in [0.717, 1.165) is 5.56 Å². The molecule has 1 aromatic carbocycles. The Morgan fingerprint density at radius 2 is 2.00 bits per heavy atom. The second-order valence-corrected chi connectivity index (χ2v) is 3.82. The first-order valence-corrected chi connectivity index (χ1v) is 5.59. The second kappa shape index (κ2) is 6.09. The minimum Gasteiger partial charge on any atom is -0.388 e. The fourth-order valence-corrected chi connectivity index (χ4v) is 1.56. The summed E-state index contributed by atoms with van der Waals surface area (Å²) in [5.74, 6) is 0.251. The van der Waals surface area contributed by atoms with Gasteiger partial charge in [0.1, 0.15) is 12.4 Å². The summed E-state index contributed by atoms with van der Waals surface area (Å²) in [6.07, 6.45) is 0. The van der Waals surface area contributed by atoms with Crippen LogP contribution in [0.4, 0.5) is 0 Å². The van der Waals surface area contributed by atoms with E-state index in [2.05, 4.69) is 9.97 Å². The third-order valence-corrected chi connectivity index (χ3v) is 2.36. The van der Waals surface area contributed by atoms with Crippen molar-refractivity contribution >= 4 is 0 Å². The van der Waals surface area contributed by atoms with Gasteiger partial charge < -0.3 is 14.8 Å². The Bertz CT molecular complexity index is 552. The molecule has 0 aliphatic rings. The molecule has 0 amide bonds. The Morgan fingerprint density at radius 1 is 1.22 bits per heavy atom. The largest absolute Gasteiger partial charge is 0.388 e. The molecule has 1 aromatic heterocycles. The Hall–Kier alpha value is -1.98. The van der Waals surface area contributed by atoms with E-state index in [1.54, 1.807) is 0 Å². The average Bonchev–Trinajstić information content (AvgIpc) is 2.39. The summed E-state index contributed by atoms with van der Waals surface area (Å²) < 4.78 is 5.46. The third-order valence-electron chi connectivity index (χ3n) is 2.36. The highest BCUT2D eigenvalue weighted by Gasteiger charge is 2.01. The third kappa shape index (κ3) is 3.51. The van der Waals surface area contributed by atoms with Gasteiger partial charge in [0.15, 0.2) is 0 Å².